The van der Waals surface area contributed by atoms with Crippen LogP contribution in [0.2, 0.25) is 0 Å². The number of aliphatic hydroxyl groups is 1. The van der Waals surface area contributed by atoms with Gasteiger partial charge in [0.1, 0.15) is 0 Å². The van der Waals surface area contributed by atoms with Crippen LogP contribution in [0, 0.1) is 0 Å². The molecule has 1 heterocycles. The lowest BCUT2D eigenvalue weighted by Crippen LogP contribution is -2.25. The number of nitrogens with one attached hydrogen (secondary N) is 2. The molecule has 0 saturated carbocycles. The zero-order valence-corrected chi connectivity index (χ0v) is 17.6. The van der Waals surface area contributed by atoms with E-state index in [2.05, 4.69) is 21.7 Å². The third kappa shape index (κ3) is 5.57. The fraction of sp³-hybridized carbons (Fsp3) is 0.308. The molecule has 0 aliphatic heterocycles. The van der Waals surface area contributed by atoms with Gasteiger partial charge in [-0.05, 0) is 67.1 Å². The summed E-state index contributed by atoms with van der Waals surface area (Å²) in [5.74, 6) is -0.158. The topological polar surface area (TPSA) is 74.2 Å². The number of amides is 1. The van der Waals surface area contributed by atoms with Gasteiger partial charge >= 0.3 is 0 Å². The molecule has 5 nitrogen and oxygen atoms in total. The Hall–Kier alpha value is -3.02. The highest BCUT2D eigenvalue weighted by molar-refractivity contribution is 5.95. The molecule has 0 saturated heterocycles. The lowest BCUT2D eigenvalue weighted by Gasteiger charge is -2.23. The van der Waals surface area contributed by atoms with Crippen molar-refractivity contribution in [1.29, 1.82) is 0 Å². The number of hydrogen-bond donors (Lipinski definition) is 3. The summed E-state index contributed by atoms with van der Waals surface area (Å²) in [5, 5.41) is 16.6. The van der Waals surface area contributed by atoms with E-state index in [1.165, 1.54) is 11.1 Å². The molecule has 3 N–H and O–H groups in total. The Labute approximate surface area is 183 Å². The average molecular weight is 416 g/mol. The van der Waals surface area contributed by atoms with Crippen molar-refractivity contribution in [3.05, 3.63) is 95.3 Å². The smallest absolute Gasteiger partial charge is 0.233 e. The van der Waals surface area contributed by atoms with E-state index >= 15 is 0 Å². The van der Waals surface area contributed by atoms with E-state index in [1.54, 1.807) is 6.20 Å². The third-order valence-electron chi connectivity index (χ3n) is 5.85. The van der Waals surface area contributed by atoms with Crippen LogP contribution in [0.1, 0.15) is 47.2 Å². The van der Waals surface area contributed by atoms with Gasteiger partial charge in [-0.15, -0.1) is 0 Å². The molecule has 0 radical (unpaired) electrons. The monoisotopic (exact) mass is 415 g/mol. The molecule has 1 amide bonds. The molecule has 3 aromatic rings. The lowest BCUT2D eigenvalue weighted by molar-refractivity contribution is -0.118. The van der Waals surface area contributed by atoms with E-state index in [-0.39, 0.29) is 11.8 Å². The predicted molar refractivity (Wildman–Crippen MR) is 123 cm³/mol. The highest BCUT2D eigenvalue weighted by Crippen LogP contribution is 2.30. The van der Waals surface area contributed by atoms with Gasteiger partial charge < -0.3 is 15.7 Å². The molecule has 0 bridgehead atoms. The molecular formula is C26H29N3O2. The lowest BCUT2D eigenvalue weighted by atomic mass is 9.86. The number of hydrogen-bond acceptors (Lipinski definition) is 4. The van der Waals surface area contributed by atoms with Crippen molar-refractivity contribution in [2.24, 2.45) is 0 Å². The molecule has 1 aliphatic carbocycles. The summed E-state index contributed by atoms with van der Waals surface area (Å²) in [6, 6.07) is 21.7. The van der Waals surface area contributed by atoms with Gasteiger partial charge in [0, 0.05) is 18.4 Å². The van der Waals surface area contributed by atoms with Gasteiger partial charge in [-0.3, -0.25) is 9.78 Å². The maximum Gasteiger partial charge on any atom is 0.233 e. The Morgan fingerprint density at radius 1 is 1.06 bits per heavy atom. The van der Waals surface area contributed by atoms with Crippen molar-refractivity contribution >= 4 is 11.6 Å². The van der Waals surface area contributed by atoms with Gasteiger partial charge in [0.05, 0.1) is 17.7 Å². The second kappa shape index (κ2) is 10.3. The Morgan fingerprint density at radius 3 is 2.68 bits per heavy atom. The van der Waals surface area contributed by atoms with Crippen LogP contribution >= 0.6 is 0 Å². The third-order valence-corrected chi connectivity index (χ3v) is 5.85. The number of nitrogens with zero attached hydrogens (tertiary/aromatic N) is 1. The average Bonchev–Trinajstić information content (AvgIpc) is 2.83. The van der Waals surface area contributed by atoms with E-state index in [9.17, 15) is 9.90 Å². The molecule has 2 aromatic carbocycles. The first-order chi connectivity index (χ1) is 15.2. The fourth-order valence-electron chi connectivity index (χ4n) is 4.11. The number of aromatic nitrogens is 1. The zero-order valence-electron chi connectivity index (χ0n) is 17.6. The summed E-state index contributed by atoms with van der Waals surface area (Å²) in [4.78, 5) is 17.3. The van der Waals surface area contributed by atoms with Crippen molar-refractivity contribution < 1.29 is 9.90 Å². The summed E-state index contributed by atoms with van der Waals surface area (Å²) >= 11 is 0. The van der Waals surface area contributed by atoms with Crippen molar-refractivity contribution in [1.82, 2.24) is 10.3 Å². The number of anilines is 1. The van der Waals surface area contributed by atoms with Crippen molar-refractivity contribution in [3.8, 4) is 0 Å². The van der Waals surface area contributed by atoms with Gasteiger partial charge in [0.25, 0.3) is 0 Å². The highest BCUT2D eigenvalue weighted by Gasteiger charge is 2.27. The number of fused-ring (bicyclic) bond motifs is 1. The first kappa shape index (κ1) is 21.2. The van der Waals surface area contributed by atoms with Crippen LogP contribution in [-0.2, 0) is 17.6 Å². The van der Waals surface area contributed by atoms with Gasteiger partial charge in [-0.2, -0.15) is 0 Å². The summed E-state index contributed by atoms with van der Waals surface area (Å²) in [6.07, 6.45) is 4.98. The van der Waals surface area contributed by atoms with Gasteiger partial charge in [-0.1, -0.05) is 48.5 Å². The van der Waals surface area contributed by atoms with E-state index in [0.29, 0.717) is 6.54 Å². The number of carbonyl (C=O) groups is 1. The van der Waals surface area contributed by atoms with Gasteiger partial charge in [0.2, 0.25) is 5.91 Å². The van der Waals surface area contributed by atoms with Gasteiger partial charge in [-0.25, -0.2) is 0 Å². The van der Waals surface area contributed by atoms with Crippen LogP contribution in [-0.4, -0.2) is 29.1 Å². The molecule has 1 aliphatic rings. The largest absolute Gasteiger partial charge is 0.387 e. The number of carbonyl (C=O) groups excluding carboxylic acids is 1. The summed E-state index contributed by atoms with van der Waals surface area (Å²) in [5.41, 5.74) is 5.03. The van der Waals surface area contributed by atoms with Crippen LogP contribution in [0.5, 0.6) is 0 Å². The minimum atomic E-state index is -0.502. The number of aryl methyl sites for hydroxylation is 1. The Bertz CT molecular complexity index is 989. The molecule has 5 heteroatoms. The maximum atomic E-state index is 12.8. The van der Waals surface area contributed by atoms with Crippen LogP contribution in [0.25, 0.3) is 0 Å². The second-order valence-electron chi connectivity index (χ2n) is 8.06. The number of pyridine rings is 1. The normalized spacial score (nSPS) is 16.4. The van der Waals surface area contributed by atoms with Crippen molar-refractivity contribution in [2.45, 2.75) is 37.7 Å². The zero-order chi connectivity index (χ0) is 21.5. The molecular weight excluding hydrogens is 386 g/mol. The first-order valence-electron chi connectivity index (χ1n) is 11.0. The Kier molecular flexibility index (Phi) is 7.07. The van der Waals surface area contributed by atoms with Crippen LogP contribution in [0.3, 0.4) is 0 Å². The summed E-state index contributed by atoms with van der Waals surface area (Å²) in [7, 11) is 0. The van der Waals surface area contributed by atoms with Crippen molar-refractivity contribution in [3.63, 3.8) is 0 Å². The number of rotatable bonds is 8. The minimum absolute atomic E-state index is 0.0176. The second-order valence-corrected chi connectivity index (χ2v) is 8.06. The number of aliphatic hydroxyl groups excluding tert-OH is 1. The van der Waals surface area contributed by atoms with E-state index in [1.807, 2.05) is 60.7 Å². The Balaban J connectivity index is 1.25. The molecule has 0 spiro atoms. The summed E-state index contributed by atoms with van der Waals surface area (Å²) in [6.45, 7) is 1.30. The molecule has 31 heavy (non-hydrogen) atoms. The Morgan fingerprint density at radius 2 is 1.87 bits per heavy atom. The van der Waals surface area contributed by atoms with Crippen molar-refractivity contribution in [2.75, 3.05) is 18.4 Å². The minimum Gasteiger partial charge on any atom is -0.387 e. The van der Waals surface area contributed by atoms with Crippen LogP contribution in [0.4, 0.5) is 5.69 Å². The molecule has 1 aromatic heterocycles. The van der Waals surface area contributed by atoms with Crippen LogP contribution in [0.15, 0.2) is 72.9 Å². The summed E-state index contributed by atoms with van der Waals surface area (Å²) < 4.78 is 0. The highest BCUT2D eigenvalue weighted by atomic mass is 16.3. The maximum absolute atomic E-state index is 12.8. The standard InChI is InChI=1S/C26H29N3O2/c30-24(20-6-2-1-3-7-20)18-27-17-15-19-11-13-22(14-12-19)29-26(31)23-10-4-8-21-9-5-16-28-25(21)23/h1-3,5-7,9,11-14,16,23-24,27,30H,4,8,10,15,17-18H2,(H,29,31)/t23?,24-/m0/s1. The SMILES string of the molecule is O=C(Nc1ccc(CCNC[C@H](O)c2ccccc2)cc1)C1CCCc2cccnc21. The molecule has 160 valence electrons. The number of benzene rings is 2. The quantitative estimate of drug-likeness (QED) is 0.486. The van der Waals surface area contributed by atoms with E-state index in [0.717, 1.165) is 49.2 Å². The molecule has 2 atom stereocenters. The first-order valence-corrected chi connectivity index (χ1v) is 11.0. The fourth-order valence-corrected chi connectivity index (χ4v) is 4.11. The van der Waals surface area contributed by atoms with E-state index < -0.39 is 6.10 Å². The van der Waals surface area contributed by atoms with Crippen LogP contribution < -0.4 is 10.6 Å². The van der Waals surface area contributed by atoms with E-state index in [4.69, 9.17) is 0 Å². The predicted octanol–water partition coefficient (Wildman–Crippen LogP) is 4.01. The molecule has 4 rings (SSSR count). The molecule has 1 unspecified atom stereocenters. The molecule has 0 fully saturated rings. The van der Waals surface area contributed by atoms with Gasteiger partial charge in [0.15, 0.2) is 0 Å².